The first-order valence-electron chi connectivity index (χ1n) is 10.0. The molecule has 3 N–H and O–H groups in total. The minimum Gasteiger partial charge on any atom is -0.370 e. The minimum absolute atomic E-state index is 0.0683. The highest BCUT2D eigenvalue weighted by Gasteiger charge is 2.22. The Morgan fingerprint density at radius 3 is 2.29 bits per heavy atom. The second-order valence-electron chi connectivity index (χ2n) is 7.36. The lowest BCUT2D eigenvalue weighted by atomic mass is 10.1. The van der Waals surface area contributed by atoms with Gasteiger partial charge in [0, 0.05) is 24.2 Å². The molecule has 31 heavy (non-hydrogen) atoms. The van der Waals surface area contributed by atoms with E-state index in [0.717, 1.165) is 43.6 Å². The number of nitrogens with zero attached hydrogens (tertiary/aromatic N) is 3. The Morgan fingerprint density at radius 2 is 1.65 bits per heavy atom. The molecule has 9 heteroatoms. The van der Waals surface area contributed by atoms with E-state index in [-0.39, 0.29) is 10.5 Å². The van der Waals surface area contributed by atoms with E-state index in [0.29, 0.717) is 11.5 Å². The molecule has 0 unspecified atom stereocenters. The van der Waals surface area contributed by atoms with Gasteiger partial charge in [0.15, 0.2) is 5.82 Å². The number of hydrogen-bond donors (Lipinski definition) is 2. The van der Waals surface area contributed by atoms with Crippen molar-refractivity contribution >= 4 is 27.3 Å². The highest BCUT2D eigenvalue weighted by molar-refractivity contribution is 7.92. The number of hydrogen-bond acceptors (Lipinski definition) is 6. The predicted molar refractivity (Wildman–Crippen MR) is 119 cm³/mol. The lowest BCUT2D eigenvalue weighted by Gasteiger charge is -2.30. The molecule has 1 saturated heterocycles. The molecule has 0 aliphatic carbocycles. The zero-order valence-electron chi connectivity index (χ0n) is 16.9. The third-order valence-corrected chi connectivity index (χ3v) is 6.51. The van der Waals surface area contributed by atoms with E-state index in [1.807, 2.05) is 30.3 Å². The van der Waals surface area contributed by atoms with Gasteiger partial charge in [-0.15, -0.1) is 0 Å². The van der Waals surface area contributed by atoms with Crippen LogP contribution >= 0.6 is 0 Å². The highest BCUT2D eigenvalue weighted by atomic mass is 32.2. The van der Waals surface area contributed by atoms with Crippen LogP contribution < -0.4 is 15.4 Å². The van der Waals surface area contributed by atoms with Gasteiger partial charge in [0.05, 0.1) is 23.8 Å². The Bertz CT molecular complexity index is 1180. The molecule has 3 aromatic rings. The number of rotatable bonds is 6. The lowest BCUT2D eigenvalue weighted by molar-refractivity contribution is 0.100. The molecule has 1 aromatic heterocycles. The second-order valence-corrected chi connectivity index (χ2v) is 9.04. The van der Waals surface area contributed by atoms with Gasteiger partial charge >= 0.3 is 0 Å². The Balaban J connectivity index is 1.65. The smallest absolute Gasteiger partial charge is 0.265 e. The summed E-state index contributed by atoms with van der Waals surface area (Å²) in [6.07, 6.45) is 5.74. The summed E-state index contributed by atoms with van der Waals surface area (Å²) in [5, 5.41) is 0. The quantitative estimate of drug-likeness (QED) is 0.612. The van der Waals surface area contributed by atoms with Crippen LogP contribution in [0.3, 0.4) is 0 Å². The molecule has 0 spiro atoms. The molecular weight excluding hydrogens is 414 g/mol. The van der Waals surface area contributed by atoms with E-state index in [1.54, 1.807) is 12.1 Å². The molecule has 0 bridgehead atoms. The highest BCUT2D eigenvalue weighted by Crippen LogP contribution is 2.31. The zero-order chi connectivity index (χ0) is 21.8. The van der Waals surface area contributed by atoms with Crippen LogP contribution in [0.25, 0.3) is 11.4 Å². The van der Waals surface area contributed by atoms with Crippen molar-refractivity contribution in [1.82, 2.24) is 9.97 Å². The number of primary amides is 1. The van der Waals surface area contributed by atoms with E-state index < -0.39 is 15.9 Å². The summed E-state index contributed by atoms with van der Waals surface area (Å²) in [7, 11) is -3.97. The van der Waals surface area contributed by atoms with Crippen LogP contribution in [0.15, 0.2) is 65.8 Å². The number of nitrogens with two attached hydrogens (primary N) is 1. The van der Waals surface area contributed by atoms with Crippen LogP contribution in [0.1, 0.15) is 29.6 Å². The van der Waals surface area contributed by atoms with E-state index in [2.05, 4.69) is 19.6 Å². The van der Waals surface area contributed by atoms with Crippen molar-refractivity contribution in [3.8, 4) is 11.4 Å². The Kier molecular flexibility index (Phi) is 5.85. The molecule has 2 heterocycles. The number of anilines is 2. The Morgan fingerprint density at radius 1 is 0.968 bits per heavy atom. The molecule has 1 aliphatic rings. The molecule has 1 aliphatic heterocycles. The van der Waals surface area contributed by atoms with Crippen molar-refractivity contribution in [2.24, 2.45) is 5.73 Å². The fraction of sp³-hybridized carbons (Fsp3) is 0.227. The van der Waals surface area contributed by atoms with Crippen molar-refractivity contribution in [1.29, 1.82) is 0 Å². The Hall–Kier alpha value is -3.46. The van der Waals surface area contributed by atoms with Crippen LogP contribution in [0.5, 0.6) is 0 Å². The minimum atomic E-state index is -3.97. The van der Waals surface area contributed by atoms with E-state index in [9.17, 15) is 13.2 Å². The second kappa shape index (κ2) is 8.73. The van der Waals surface area contributed by atoms with Crippen LogP contribution in [-0.2, 0) is 10.0 Å². The van der Waals surface area contributed by atoms with E-state index >= 15 is 0 Å². The van der Waals surface area contributed by atoms with Crippen molar-refractivity contribution < 1.29 is 13.2 Å². The average molecular weight is 438 g/mol. The monoisotopic (exact) mass is 437 g/mol. The Labute approximate surface area is 181 Å². The number of carbonyl (C=O) groups is 1. The molecule has 4 rings (SSSR count). The van der Waals surface area contributed by atoms with Gasteiger partial charge in [0.1, 0.15) is 4.90 Å². The maximum Gasteiger partial charge on any atom is 0.265 e. The summed E-state index contributed by atoms with van der Waals surface area (Å²) in [5.41, 5.74) is 7.46. The molecule has 1 fully saturated rings. The summed E-state index contributed by atoms with van der Waals surface area (Å²) in [6, 6.07) is 14.1. The molecule has 0 saturated carbocycles. The first-order valence-corrected chi connectivity index (χ1v) is 11.5. The molecular formula is C22H23N5O3S. The van der Waals surface area contributed by atoms with Gasteiger partial charge in [-0.05, 0) is 37.5 Å². The van der Waals surface area contributed by atoms with Gasteiger partial charge in [0.25, 0.3) is 10.0 Å². The number of benzene rings is 2. The SMILES string of the molecule is NC(=O)c1ccc(N2CCCCC2)c(NS(=O)(=O)c2cnc(-c3ccccc3)nc2)c1. The van der Waals surface area contributed by atoms with Gasteiger partial charge in [-0.1, -0.05) is 30.3 Å². The summed E-state index contributed by atoms with van der Waals surface area (Å²) < 4.78 is 28.7. The zero-order valence-corrected chi connectivity index (χ0v) is 17.7. The van der Waals surface area contributed by atoms with Crippen LogP contribution in [0, 0.1) is 0 Å². The van der Waals surface area contributed by atoms with Crippen molar-refractivity contribution in [3.05, 3.63) is 66.5 Å². The average Bonchev–Trinajstić information content (AvgIpc) is 2.80. The first-order chi connectivity index (χ1) is 14.9. The maximum atomic E-state index is 13.0. The number of nitrogens with one attached hydrogen (secondary N) is 1. The van der Waals surface area contributed by atoms with Gasteiger partial charge in [0.2, 0.25) is 5.91 Å². The third-order valence-electron chi connectivity index (χ3n) is 5.19. The van der Waals surface area contributed by atoms with Gasteiger partial charge in [-0.25, -0.2) is 18.4 Å². The molecule has 8 nitrogen and oxygen atoms in total. The number of sulfonamides is 1. The molecule has 0 atom stereocenters. The molecule has 2 aromatic carbocycles. The molecule has 1 amide bonds. The number of amides is 1. The normalized spacial score (nSPS) is 14.3. The van der Waals surface area contributed by atoms with Crippen molar-refractivity contribution in [2.75, 3.05) is 22.7 Å². The third kappa shape index (κ3) is 4.66. The summed E-state index contributed by atoms with van der Waals surface area (Å²) >= 11 is 0. The lowest BCUT2D eigenvalue weighted by Crippen LogP contribution is -2.30. The topological polar surface area (TPSA) is 118 Å². The number of carbonyl (C=O) groups excluding carboxylic acids is 1. The van der Waals surface area contributed by atoms with Crippen molar-refractivity contribution in [2.45, 2.75) is 24.2 Å². The van der Waals surface area contributed by atoms with Gasteiger partial charge in [-0.2, -0.15) is 0 Å². The van der Waals surface area contributed by atoms with E-state index in [4.69, 9.17) is 5.73 Å². The number of piperidine rings is 1. The number of aromatic nitrogens is 2. The predicted octanol–water partition coefficient (Wildman–Crippen LogP) is 3.03. The largest absolute Gasteiger partial charge is 0.370 e. The standard InChI is InChI=1S/C22H23N5O3S/c23-21(28)17-9-10-20(27-11-5-2-6-12-27)19(13-17)26-31(29,30)18-14-24-22(25-15-18)16-7-3-1-4-8-16/h1,3-4,7-10,13-15,26H,2,5-6,11-12H2,(H2,23,28). The first kappa shape index (κ1) is 20.8. The molecule has 0 radical (unpaired) electrons. The van der Waals surface area contributed by atoms with Crippen LogP contribution in [0.4, 0.5) is 11.4 Å². The van der Waals surface area contributed by atoms with Gasteiger partial charge < -0.3 is 10.6 Å². The maximum absolute atomic E-state index is 13.0. The summed E-state index contributed by atoms with van der Waals surface area (Å²) in [5.74, 6) is -0.189. The van der Waals surface area contributed by atoms with E-state index in [1.165, 1.54) is 18.5 Å². The fourth-order valence-corrected chi connectivity index (χ4v) is 4.53. The van der Waals surface area contributed by atoms with Gasteiger partial charge in [-0.3, -0.25) is 9.52 Å². The van der Waals surface area contributed by atoms with Crippen LogP contribution in [0.2, 0.25) is 0 Å². The van der Waals surface area contributed by atoms with Crippen LogP contribution in [-0.4, -0.2) is 37.4 Å². The molecule has 160 valence electrons. The summed E-state index contributed by atoms with van der Waals surface area (Å²) in [4.78, 5) is 22.1. The summed E-state index contributed by atoms with van der Waals surface area (Å²) in [6.45, 7) is 1.64. The fourth-order valence-electron chi connectivity index (χ4n) is 3.58. The van der Waals surface area contributed by atoms with Crippen molar-refractivity contribution in [3.63, 3.8) is 0 Å².